The van der Waals surface area contributed by atoms with E-state index in [-0.39, 0.29) is 5.92 Å². The Morgan fingerprint density at radius 3 is 2.05 bits per heavy atom. The molecule has 0 spiro atoms. The second-order valence-electron chi connectivity index (χ2n) is 7.06. The summed E-state index contributed by atoms with van der Waals surface area (Å²) in [5.74, 6) is 2.81. The van der Waals surface area contributed by atoms with Crippen LogP contribution in [0.3, 0.4) is 0 Å². The smallest absolute Gasteiger partial charge is 0.329 e. The maximum Gasteiger partial charge on any atom is 0.329 e. The van der Waals surface area contributed by atoms with Crippen molar-refractivity contribution in [1.82, 2.24) is 5.32 Å². The first-order valence-electron chi connectivity index (χ1n) is 7.46. The Labute approximate surface area is 119 Å². The summed E-state index contributed by atoms with van der Waals surface area (Å²) in [5.41, 5.74) is -1.23. The molecule has 4 saturated carbocycles. The third-order valence-electron chi connectivity index (χ3n) is 5.84. The number of hydrogen-bond acceptors (Lipinski definition) is 2. The first-order chi connectivity index (χ1) is 9.44. The predicted molar refractivity (Wildman–Crippen MR) is 73.6 cm³/mol. The van der Waals surface area contributed by atoms with Gasteiger partial charge in [-0.3, -0.25) is 4.79 Å². The minimum Gasteiger partial charge on any atom is -0.480 e. The zero-order valence-corrected chi connectivity index (χ0v) is 11.8. The van der Waals surface area contributed by atoms with Crippen LogP contribution in [0.15, 0.2) is 0 Å². The molecule has 0 radical (unpaired) electrons. The van der Waals surface area contributed by atoms with E-state index in [1.54, 1.807) is 6.92 Å². The van der Waals surface area contributed by atoms with Crippen LogP contribution in [0.25, 0.3) is 0 Å². The molecule has 2 N–H and O–H groups in total. The van der Waals surface area contributed by atoms with Gasteiger partial charge in [-0.15, -0.1) is 6.42 Å². The van der Waals surface area contributed by atoms with Crippen LogP contribution in [0.2, 0.25) is 0 Å². The van der Waals surface area contributed by atoms with Gasteiger partial charge in [-0.05, 0) is 74.5 Å². The third kappa shape index (κ3) is 1.91. The number of amides is 1. The molecule has 4 heteroatoms. The average Bonchev–Trinajstić information content (AvgIpc) is 2.36. The molecular formula is C16H21NO3. The summed E-state index contributed by atoms with van der Waals surface area (Å²) in [5, 5.41) is 12.3. The number of hydrogen-bond donors (Lipinski definition) is 2. The summed E-state index contributed by atoms with van der Waals surface area (Å²) in [7, 11) is 0. The number of carboxylic acid groups (broad SMARTS) is 1. The number of carbonyl (C=O) groups is 2. The molecule has 0 saturated heterocycles. The maximum absolute atomic E-state index is 11.8. The zero-order valence-electron chi connectivity index (χ0n) is 11.8. The fraction of sp³-hybridized carbons (Fsp3) is 0.750. The normalized spacial score (nSPS) is 40.7. The van der Waals surface area contributed by atoms with Crippen molar-refractivity contribution in [3.8, 4) is 12.3 Å². The van der Waals surface area contributed by atoms with Crippen LogP contribution in [0.4, 0.5) is 0 Å². The zero-order chi connectivity index (χ0) is 14.5. The summed E-state index contributed by atoms with van der Waals surface area (Å²) < 4.78 is 0. The molecule has 1 amide bonds. The van der Waals surface area contributed by atoms with Gasteiger partial charge in [0.05, 0.1) is 0 Å². The van der Waals surface area contributed by atoms with Crippen molar-refractivity contribution in [2.75, 3.05) is 0 Å². The second-order valence-corrected chi connectivity index (χ2v) is 7.06. The van der Waals surface area contributed by atoms with Crippen LogP contribution < -0.4 is 5.32 Å². The van der Waals surface area contributed by atoms with Crippen LogP contribution in [0, 0.1) is 41.9 Å². The Kier molecular flexibility index (Phi) is 3.04. The number of carboxylic acids is 1. The Balaban J connectivity index is 1.90. The van der Waals surface area contributed by atoms with E-state index in [9.17, 15) is 14.7 Å². The first-order valence-corrected chi connectivity index (χ1v) is 7.46. The van der Waals surface area contributed by atoms with Gasteiger partial charge in [0.15, 0.2) is 0 Å². The molecule has 20 heavy (non-hydrogen) atoms. The fourth-order valence-electron chi connectivity index (χ4n) is 5.42. The predicted octanol–water partition coefficient (Wildman–Crippen LogP) is 1.65. The van der Waals surface area contributed by atoms with Gasteiger partial charge in [-0.1, -0.05) is 0 Å². The number of terminal acetylenes is 1. The molecule has 1 atom stereocenters. The van der Waals surface area contributed by atoms with Gasteiger partial charge in [0.25, 0.3) is 5.91 Å². The number of nitrogens with one attached hydrogen (secondary N) is 1. The van der Waals surface area contributed by atoms with Crippen molar-refractivity contribution in [2.24, 2.45) is 29.6 Å². The summed E-state index contributed by atoms with van der Waals surface area (Å²) in [4.78, 5) is 23.4. The van der Waals surface area contributed by atoms with Gasteiger partial charge in [0, 0.05) is 0 Å². The molecule has 4 aliphatic rings. The largest absolute Gasteiger partial charge is 0.480 e. The molecule has 0 aromatic carbocycles. The molecule has 4 fully saturated rings. The highest BCUT2D eigenvalue weighted by molar-refractivity contribution is 5.96. The monoisotopic (exact) mass is 275 g/mol. The average molecular weight is 275 g/mol. The first kappa shape index (κ1) is 13.5. The van der Waals surface area contributed by atoms with E-state index in [1.165, 1.54) is 6.42 Å². The molecule has 0 aliphatic heterocycles. The Morgan fingerprint density at radius 2 is 1.65 bits per heavy atom. The van der Waals surface area contributed by atoms with E-state index in [2.05, 4.69) is 5.32 Å². The van der Waals surface area contributed by atoms with Crippen molar-refractivity contribution in [1.29, 1.82) is 0 Å². The lowest BCUT2D eigenvalue weighted by molar-refractivity contribution is -0.158. The lowest BCUT2D eigenvalue weighted by atomic mass is 9.48. The van der Waals surface area contributed by atoms with Crippen molar-refractivity contribution >= 4 is 11.9 Å². The molecule has 4 bridgehead atoms. The van der Waals surface area contributed by atoms with Crippen molar-refractivity contribution in [3.63, 3.8) is 0 Å². The van der Waals surface area contributed by atoms with Crippen LogP contribution >= 0.6 is 0 Å². The molecule has 4 rings (SSSR count). The van der Waals surface area contributed by atoms with E-state index in [0.29, 0.717) is 11.8 Å². The topological polar surface area (TPSA) is 66.4 Å². The maximum atomic E-state index is 11.8. The van der Waals surface area contributed by atoms with E-state index in [4.69, 9.17) is 6.42 Å². The molecule has 108 valence electrons. The highest BCUT2D eigenvalue weighted by atomic mass is 16.4. The number of aliphatic carboxylic acids is 1. The summed E-state index contributed by atoms with van der Waals surface area (Å²) in [6, 6.07) is 0. The lowest BCUT2D eigenvalue weighted by Crippen LogP contribution is -2.64. The summed E-state index contributed by atoms with van der Waals surface area (Å²) in [6.07, 6.45) is 10.9. The van der Waals surface area contributed by atoms with E-state index >= 15 is 0 Å². The van der Waals surface area contributed by atoms with Gasteiger partial charge in [0.1, 0.15) is 5.54 Å². The van der Waals surface area contributed by atoms with Crippen LogP contribution in [-0.2, 0) is 9.59 Å². The molecular weight excluding hydrogens is 254 g/mol. The van der Waals surface area contributed by atoms with Crippen molar-refractivity contribution < 1.29 is 14.7 Å². The van der Waals surface area contributed by atoms with Gasteiger partial charge in [-0.2, -0.15) is 0 Å². The van der Waals surface area contributed by atoms with Crippen molar-refractivity contribution in [3.05, 3.63) is 0 Å². The minimum absolute atomic E-state index is 0.0186. The van der Waals surface area contributed by atoms with Crippen LogP contribution in [0.5, 0.6) is 0 Å². The van der Waals surface area contributed by atoms with Gasteiger partial charge in [0.2, 0.25) is 0 Å². The van der Waals surface area contributed by atoms with E-state index in [0.717, 1.165) is 37.5 Å². The fourth-order valence-corrected chi connectivity index (χ4v) is 5.42. The molecule has 4 aliphatic carbocycles. The third-order valence-corrected chi connectivity index (χ3v) is 5.84. The number of rotatable bonds is 3. The van der Waals surface area contributed by atoms with Gasteiger partial charge >= 0.3 is 5.97 Å². The van der Waals surface area contributed by atoms with Gasteiger partial charge in [-0.25, -0.2) is 4.79 Å². The Morgan fingerprint density at radius 1 is 1.15 bits per heavy atom. The van der Waals surface area contributed by atoms with Crippen molar-refractivity contribution in [2.45, 2.75) is 44.6 Å². The van der Waals surface area contributed by atoms with E-state index in [1.807, 2.05) is 5.92 Å². The summed E-state index contributed by atoms with van der Waals surface area (Å²) >= 11 is 0. The Bertz CT molecular complexity index is 464. The van der Waals surface area contributed by atoms with Crippen LogP contribution in [-0.4, -0.2) is 22.5 Å². The van der Waals surface area contributed by atoms with Crippen LogP contribution in [0.1, 0.15) is 39.0 Å². The van der Waals surface area contributed by atoms with E-state index < -0.39 is 17.4 Å². The SMILES string of the molecule is C#CC(=O)NC(C)(C(=O)O)C1C2CC3CC(C2)CC1C3. The molecule has 4 nitrogen and oxygen atoms in total. The lowest BCUT2D eigenvalue weighted by Gasteiger charge is -2.58. The Hall–Kier alpha value is -1.50. The minimum atomic E-state index is -1.23. The highest BCUT2D eigenvalue weighted by Crippen LogP contribution is 2.59. The molecule has 0 heterocycles. The highest BCUT2D eigenvalue weighted by Gasteiger charge is 2.57. The standard InChI is InChI=1S/C16H21NO3/c1-3-13(18)17-16(2,15(19)20)14-11-5-9-4-10(7-11)8-12(14)6-9/h1,9-12,14H,4-8H2,2H3,(H,17,18)(H,19,20). The quantitative estimate of drug-likeness (QED) is 0.770. The molecule has 0 aromatic heterocycles. The second kappa shape index (κ2) is 4.51. The number of carbonyl (C=O) groups excluding carboxylic acids is 1. The summed E-state index contributed by atoms with van der Waals surface area (Å²) in [6.45, 7) is 1.64. The molecule has 0 aromatic rings. The molecule has 1 unspecified atom stereocenters. The van der Waals surface area contributed by atoms with Gasteiger partial charge < -0.3 is 10.4 Å².